The third-order valence-corrected chi connectivity index (χ3v) is 6.70. The van der Waals surface area contributed by atoms with Crippen molar-refractivity contribution in [1.29, 1.82) is 0 Å². The Bertz CT molecular complexity index is 974. The molecule has 2 aromatic rings. The Hall–Kier alpha value is -2.94. The fourth-order valence-corrected chi connectivity index (χ4v) is 4.41. The van der Waals surface area contributed by atoms with Gasteiger partial charge in [0, 0.05) is 29.3 Å². The maximum atomic E-state index is 13.7. The Labute approximate surface area is 197 Å². The summed E-state index contributed by atoms with van der Waals surface area (Å²) in [6.07, 6.45) is -0.199. The molecule has 2 N–H and O–H groups in total. The largest absolute Gasteiger partial charge is 0.476 e. The smallest absolute Gasteiger partial charge is 0.355 e. The van der Waals surface area contributed by atoms with Gasteiger partial charge in [-0.25, -0.2) is 9.78 Å². The molecule has 0 aliphatic rings. The van der Waals surface area contributed by atoms with Crippen LogP contribution in [0.15, 0.2) is 40.8 Å². The van der Waals surface area contributed by atoms with Crippen LogP contribution in [-0.4, -0.2) is 44.1 Å². The number of carboxylic acids is 1. The van der Waals surface area contributed by atoms with Gasteiger partial charge in [-0.1, -0.05) is 69.6 Å². The molecule has 4 atom stereocenters. The molecule has 0 fully saturated rings. The summed E-state index contributed by atoms with van der Waals surface area (Å²) in [5.41, 5.74) is 9.88. The van der Waals surface area contributed by atoms with Gasteiger partial charge in [0.15, 0.2) is 5.69 Å². The topological polar surface area (TPSA) is 139 Å². The number of nitrogens with zero attached hydrogens (tertiary/aromatic N) is 5. The molecule has 1 aromatic heterocycles. The maximum Gasteiger partial charge on any atom is 0.355 e. The number of aromatic carboxylic acids is 1. The Morgan fingerprint density at radius 3 is 2.42 bits per heavy atom. The van der Waals surface area contributed by atoms with Gasteiger partial charge in [0.05, 0.1) is 0 Å². The third-order valence-electron chi connectivity index (χ3n) is 5.75. The van der Waals surface area contributed by atoms with Crippen molar-refractivity contribution in [2.45, 2.75) is 65.3 Å². The molecule has 0 bridgehead atoms. The highest BCUT2D eigenvalue weighted by atomic mass is 32.1. The monoisotopic (exact) mass is 473 g/mol. The predicted octanol–water partition coefficient (Wildman–Crippen LogP) is 5.04. The van der Waals surface area contributed by atoms with Crippen molar-refractivity contribution in [3.63, 3.8) is 0 Å². The van der Waals surface area contributed by atoms with Gasteiger partial charge in [-0.2, -0.15) is 0 Å². The van der Waals surface area contributed by atoms with Crippen LogP contribution in [0.3, 0.4) is 0 Å². The van der Waals surface area contributed by atoms with Crippen LogP contribution in [0.5, 0.6) is 0 Å². The first-order chi connectivity index (χ1) is 15.7. The van der Waals surface area contributed by atoms with Gasteiger partial charge >= 0.3 is 5.97 Å². The van der Waals surface area contributed by atoms with E-state index in [9.17, 15) is 14.7 Å². The van der Waals surface area contributed by atoms with Gasteiger partial charge in [0.2, 0.25) is 5.91 Å². The number of aromatic nitrogens is 1. The Morgan fingerprint density at radius 1 is 1.24 bits per heavy atom. The van der Waals surface area contributed by atoms with Crippen molar-refractivity contribution in [2.24, 2.45) is 17.0 Å². The molecule has 1 aromatic carbocycles. The molecule has 0 spiro atoms. The van der Waals surface area contributed by atoms with Crippen molar-refractivity contribution in [2.75, 3.05) is 0 Å². The predicted molar refractivity (Wildman–Crippen MR) is 127 cm³/mol. The van der Waals surface area contributed by atoms with E-state index in [1.54, 1.807) is 4.90 Å². The summed E-state index contributed by atoms with van der Waals surface area (Å²) in [6.45, 7) is 8.02. The van der Waals surface area contributed by atoms with Gasteiger partial charge < -0.3 is 15.1 Å². The highest BCUT2D eigenvalue weighted by Gasteiger charge is 2.35. The maximum absolute atomic E-state index is 13.7. The Kier molecular flexibility index (Phi) is 9.84. The summed E-state index contributed by atoms with van der Waals surface area (Å²) < 4.78 is 0. The summed E-state index contributed by atoms with van der Waals surface area (Å²) in [7, 11) is 0. The standard InChI is InChI=1S/C23H31N5O4S/c1-5-15(4)20(26-27-24)22(30)28(12-16-9-7-6-8-10-16)18(14(2)3)11-19(29)21-25-17(13-33-21)23(31)32/h6-10,13-15,18-20,29H,5,11-12H2,1-4H3,(H,31,32)/t15-,18+,19+,20-/m0/s1. The number of amides is 1. The Balaban J connectivity index is 2.41. The lowest BCUT2D eigenvalue weighted by Crippen LogP contribution is -2.48. The average molecular weight is 474 g/mol. The van der Waals surface area contributed by atoms with E-state index in [0.717, 1.165) is 16.9 Å². The molecule has 10 heteroatoms. The van der Waals surface area contributed by atoms with Crippen LogP contribution >= 0.6 is 11.3 Å². The number of carbonyl (C=O) groups is 2. The van der Waals surface area contributed by atoms with E-state index in [1.807, 2.05) is 58.0 Å². The van der Waals surface area contributed by atoms with Crippen molar-refractivity contribution in [3.05, 3.63) is 62.4 Å². The van der Waals surface area contributed by atoms with Crippen LogP contribution in [0.1, 0.15) is 67.7 Å². The molecule has 0 aliphatic carbocycles. The molecular weight excluding hydrogens is 442 g/mol. The van der Waals surface area contributed by atoms with E-state index < -0.39 is 24.2 Å². The van der Waals surface area contributed by atoms with E-state index in [-0.39, 0.29) is 29.9 Å². The first kappa shape index (κ1) is 26.3. The molecule has 0 saturated carbocycles. The number of thiazole rings is 1. The second kappa shape index (κ2) is 12.3. The number of benzene rings is 1. The molecule has 0 saturated heterocycles. The van der Waals surface area contributed by atoms with E-state index >= 15 is 0 Å². The van der Waals surface area contributed by atoms with Crippen molar-refractivity contribution in [1.82, 2.24) is 9.88 Å². The summed E-state index contributed by atoms with van der Waals surface area (Å²) in [5, 5.41) is 25.5. The van der Waals surface area contributed by atoms with Crippen molar-refractivity contribution >= 4 is 23.2 Å². The SMILES string of the molecule is CC[C@H](C)[C@H](N=[N+]=[N-])C(=O)N(Cc1ccccc1)[C@H](C[C@@H](O)c1nc(C(=O)O)cs1)C(C)C. The molecular formula is C23H31N5O4S. The lowest BCUT2D eigenvalue weighted by molar-refractivity contribution is -0.138. The molecule has 0 aliphatic heterocycles. The normalized spacial score (nSPS) is 14.7. The van der Waals surface area contributed by atoms with Gasteiger partial charge in [-0.05, 0) is 22.9 Å². The van der Waals surface area contributed by atoms with Gasteiger partial charge in [0.25, 0.3) is 0 Å². The minimum Gasteiger partial charge on any atom is -0.476 e. The van der Waals surface area contributed by atoms with E-state index in [0.29, 0.717) is 18.0 Å². The van der Waals surface area contributed by atoms with Gasteiger partial charge in [0.1, 0.15) is 17.2 Å². The lowest BCUT2D eigenvalue weighted by atomic mass is 9.92. The van der Waals surface area contributed by atoms with Crippen LogP contribution in [0.25, 0.3) is 10.4 Å². The number of rotatable bonds is 12. The zero-order valence-electron chi connectivity index (χ0n) is 19.3. The summed E-state index contributed by atoms with van der Waals surface area (Å²) >= 11 is 1.07. The fraction of sp³-hybridized carbons (Fsp3) is 0.522. The number of carboxylic acid groups (broad SMARTS) is 1. The molecule has 178 valence electrons. The minimum atomic E-state index is -1.16. The number of aliphatic hydroxyl groups excluding tert-OH is 1. The highest BCUT2D eigenvalue weighted by Crippen LogP contribution is 2.30. The van der Waals surface area contributed by atoms with Crippen molar-refractivity contribution < 1.29 is 19.8 Å². The zero-order valence-corrected chi connectivity index (χ0v) is 20.1. The molecule has 1 amide bonds. The lowest BCUT2D eigenvalue weighted by Gasteiger charge is -2.38. The third kappa shape index (κ3) is 7.02. The quantitative estimate of drug-likeness (QED) is 0.252. The summed E-state index contributed by atoms with van der Waals surface area (Å²) in [6, 6.07) is 8.24. The van der Waals surface area contributed by atoms with Crippen molar-refractivity contribution in [3.8, 4) is 0 Å². The fourth-order valence-electron chi connectivity index (χ4n) is 3.62. The van der Waals surface area contributed by atoms with Gasteiger partial charge in [-0.15, -0.1) is 11.3 Å². The van der Waals surface area contributed by atoms with Crippen LogP contribution < -0.4 is 0 Å². The highest BCUT2D eigenvalue weighted by molar-refractivity contribution is 7.09. The molecule has 0 unspecified atom stereocenters. The van der Waals surface area contributed by atoms with Crippen LogP contribution in [0, 0.1) is 11.8 Å². The number of aliphatic hydroxyl groups is 1. The zero-order chi connectivity index (χ0) is 24.5. The van der Waals surface area contributed by atoms with E-state index in [4.69, 9.17) is 10.6 Å². The number of azide groups is 1. The summed E-state index contributed by atoms with van der Waals surface area (Å²) in [5.74, 6) is -1.63. The molecule has 1 heterocycles. The summed E-state index contributed by atoms with van der Waals surface area (Å²) in [4.78, 5) is 33.5. The van der Waals surface area contributed by atoms with Crippen LogP contribution in [-0.2, 0) is 11.3 Å². The van der Waals surface area contributed by atoms with Crippen LogP contribution in [0.4, 0.5) is 0 Å². The first-order valence-electron chi connectivity index (χ1n) is 10.9. The van der Waals surface area contributed by atoms with E-state index in [2.05, 4.69) is 15.0 Å². The second-order valence-corrected chi connectivity index (χ2v) is 9.32. The Morgan fingerprint density at radius 2 is 1.91 bits per heavy atom. The molecule has 0 radical (unpaired) electrons. The molecule has 33 heavy (non-hydrogen) atoms. The minimum absolute atomic E-state index is 0.0325. The molecule has 2 rings (SSSR count). The number of carbonyl (C=O) groups excluding carboxylic acids is 1. The second-order valence-electron chi connectivity index (χ2n) is 8.43. The number of hydrogen-bond acceptors (Lipinski definition) is 6. The first-order valence-corrected chi connectivity index (χ1v) is 11.8. The molecule has 9 nitrogen and oxygen atoms in total. The number of hydrogen-bond donors (Lipinski definition) is 2. The van der Waals surface area contributed by atoms with Crippen LogP contribution in [0.2, 0.25) is 0 Å². The van der Waals surface area contributed by atoms with Gasteiger partial charge in [-0.3, -0.25) is 4.79 Å². The average Bonchev–Trinajstić information content (AvgIpc) is 3.30. The van der Waals surface area contributed by atoms with E-state index in [1.165, 1.54) is 5.38 Å².